The fraction of sp³-hybridized carbons (Fsp3) is 0.469. The average Bonchev–Trinajstić information content (AvgIpc) is 3.21. The maximum Gasteiger partial charge on any atom is 0.206 e. The van der Waals surface area contributed by atoms with Crippen LogP contribution in [0.1, 0.15) is 78.0 Å². The van der Waals surface area contributed by atoms with E-state index in [9.17, 15) is 29.7 Å². The summed E-state index contributed by atoms with van der Waals surface area (Å²) in [7, 11) is 0. The average molecular weight is 517 g/mol. The van der Waals surface area contributed by atoms with Crippen molar-refractivity contribution in [3.05, 3.63) is 63.3 Å². The van der Waals surface area contributed by atoms with Gasteiger partial charge in [0.1, 0.15) is 11.5 Å². The Balaban J connectivity index is 1.79. The molecule has 5 rings (SSSR count). The smallest absolute Gasteiger partial charge is 0.206 e. The van der Waals surface area contributed by atoms with Gasteiger partial charge in [0.15, 0.2) is 11.4 Å². The quantitative estimate of drug-likeness (QED) is 0.365. The second-order valence-electron chi connectivity index (χ2n) is 12.6. The number of Topliss-reactive ketones (excluding diaryl/α,β-unsaturated/α-hetero) is 3. The van der Waals surface area contributed by atoms with E-state index >= 15 is 0 Å². The van der Waals surface area contributed by atoms with Crippen molar-refractivity contribution in [2.45, 2.75) is 73.3 Å². The van der Waals surface area contributed by atoms with Gasteiger partial charge in [0.25, 0.3) is 0 Å². The number of hydrogen-bond acceptors (Lipinski definition) is 6. The number of carbonyl (C=O) groups excluding carboxylic acids is 3. The molecule has 0 unspecified atom stereocenters. The van der Waals surface area contributed by atoms with Crippen LogP contribution in [0.2, 0.25) is 0 Å². The van der Waals surface area contributed by atoms with Gasteiger partial charge in [0.2, 0.25) is 11.6 Å². The van der Waals surface area contributed by atoms with E-state index in [0.717, 1.165) is 23.1 Å². The molecule has 3 N–H and O–H groups in total. The highest BCUT2D eigenvalue weighted by Gasteiger charge is 2.72. The van der Waals surface area contributed by atoms with Crippen LogP contribution < -0.4 is 0 Å². The van der Waals surface area contributed by atoms with Crippen LogP contribution in [0.4, 0.5) is 0 Å². The first kappa shape index (κ1) is 26.4. The molecule has 6 nitrogen and oxygen atoms in total. The van der Waals surface area contributed by atoms with Gasteiger partial charge in [0, 0.05) is 16.4 Å². The van der Waals surface area contributed by atoms with E-state index in [0.29, 0.717) is 12.0 Å². The Morgan fingerprint density at radius 3 is 2.26 bits per heavy atom. The molecule has 6 heteroatoms. The molecule has 0 heterocycles. The molecule has 0 amide bonds. The number of carbonyl (C=O) groups is 3. The van der Waals surface area contributed by atoms with Crippen LogP contribution in [-0.2, 0) is 20.8 Å². The SMILES string of the molecule is CC(=O)C1=C(C)[C@@H](C(C)C)[C@]2(C)C[C@]3(C)Cc4c(C5=CC=C(C)C5)ccc(O)c4C(O)=C3C(=O)[C@]2(O)C1=O. The number of fused-ring (bicyclic) bond motifs is 3. The van der Waals surface area contributed by atoms with Crippen LogP contribution in [-0.4, -0.2) is 38.3 Å². The number of phenols is 1. The van der Waals surface area contributed by atoms with Gasteiger partial charge in [-0.05, 0) is 74.6 Å². The Morgan fingerprint density at radius 1 is 1.05 bits per heavy atom. The molecule has 1 saturated carbocycles. The Labute approximate surface area is 223 Å². The second-order valence-corrected chi connectivity index (χ2v) is 12.6. The number of aliphatic hydroxyl groups excluding tert-OH is 1. The monoisotopic (exact) mass is 516 g/mol. The number of ketones is 3. The molecule has 0 bridgehead atoms. The van der Waals surface area contributed by atoms with Crippen LogP contribution in [0.5, 0.6) is 5.75 Å². The van der Waals surface area contributed by atoms with Gasteiger partial charge in [-0.3, -0.25) is 14.4 Å². The van der Waals surface area contributed by atoms with E-state index in [1.165, 1.54) is 18.6 Å². The first-order chi connectivity index (χ1) is 17.6. The normalized spacial score (nSPS) is 32.7. The Hall–Kier alpha value is -3.25. The van der Waals surface area contributed by atoms with E-state index in [-0.39, 0.29) is 34.8 Å². The zero-order chi connectivity index (χ0) is 28.1. The summed E-state index contributed by atoms with van der Waals surface area (Å²) in [6, 6.07) is 3.36. The van der Waals surface area contributed by atoms with E-state index < -0.39 is 45.5 Å². The highest BCUT2D eigenvalue weighted by Crippen LogP contribution is 2.65. The number of aromatic hydroxyl groups is 1. The van der Waals surface area contributed by atoms with Crippen molar-refractivity contribution < 1.29 is 29.7 Å². The number of phenolic OH excluding ortho intramolecular Hbond substituents is 1. The molecule has 38 heavy (non-hydrogen) atoms. The van der Waals surface area contributed by atoms with Crippen LogP contribution in [0.3, 0.4) is 0 Å². The van der Waals surface area contributed by atoms with Crippen molar-refractivity contribution in [2.24, 2.45) is 22.7 Å². The summed E-state index contributed by atoms with van der Waals surface area (Å²) in [5.41, 5.74) is -0.102. The summed E-state index contributed by atoms with van der Waals surface area (Å²) in [5.74, 6) is -3.31. The third-order valence-electron chi connectivity index (χ3n) is 9.58. The molecule has 200 valence electrons. The first-order valence-corrected chi connectivity index (χ1v) is 13.3. The summed E-state index contributed by atoms with van der Waals surface area (Å²) in [5, 5.41) is 34.7. The van der Waals surface area contributed by atoms with E-state index in [4.69, 9.17) is 0 Å². The highest BCUT2D eigenvalue weighted by atomic mass is 16.3. The number of aliphatic hydroxyl groups is 2. The van der Waals surface area contributed by atoms with Crippen molar-refractivity contribution in [3.8, 4) is 5.75 Å². The fourth-order valence-electron chi connectivity index (χ4n) is 8.39. The molecule has 0 spiro atoms. The molecule has 4 aliphatic carbocycles. The maximum atomic E-state index is 14.4. The van der Waals surface area contributed by atoms with Gasteiger partial charge in [0.05, 0.1) is 11.1 Å². The van der Waals surface area contributed by atoms with Gasteiger partial charge < -0.3 is 15.3 Å². The number of allylic oxidation sites excluding steroid dienone is 5. The molecule has 4 aliphatic rings. The van der Waals surface area contributed by atoms with E-state index in [2.05, 4.69) is 0 Å². The second kappa shape index (κ2) is 8.12. The largest absolute Gasteiger partial charge is 0.507 e. The molecule has 0 aromatic heterocycles. The lowest BCUT2D eigenvalue weighted by Crippen LogP contribution is -2.70. The van der Waals surface area contributed by atoms with Crippen molar-refractivity contribution in [1.82, 2.24) is 0 Å². The van der Waals surface area contributed by atoms with Crippen LogP contribution in [0.15, 0.2) is 46.6 Å². The Bertz CT molecular complexity index is 1470. The number of rotatable bonds is 3. The van der Waals surface area contributed by atoms with E-state index in [1.54, 1.807) is 13.8 Å². The van der Waals surface area contributed by atoms with Crippen LogP contribution in [0.25, 0.3) is 11.3 Å². The van der Waals surface area contributed by atoms with Gasteiger partial charge in [-0.2, -0.15) is 0 Å². The van der Waals surface area contributed by atoms with Crippen molar-refractivity contribution >= 4 is 28.7 Å². The van der Waals surface area contributed by atoms with E-state index in [1.807, 2.05) is 45.9 Å². The Kier molecular flexibility index (Phi) is 5.64. The third-order valence-corrected chi connectivity index (χ3v) is 9.58. The lowest BCUT2D eigenvalue weighted by Gasteiger charge is -2.60. The van der Waals surface area contributed by atoms with Crippen molar-refractivity contribution in [3.63, 3.8) is 0 Å². The van der Waals surface area contributed by atoms with Gasteiger partial charge in [-0.25, -0.2) is 0 Å². The zero-order valence-electron chi connectivity index (χ0n) is 23.2. The van der Waals surface area contributed by atoms with Crippen molar-refractivity contribution in [1.29, 1.82) is 0 Å². The summed E-state index contributed by atoms with van der Waals surface area (Å²) >= 11 is 0. The molecule has 1 aromatic carbocycles. The molecule has 0 aliphatic heterocycles. The zero-order valence-corrected chi connectivity index (χ0v) is 23.2. The molecule has 4 atom stereocenters. The van der Waals surface area contributed by atoms with Gasteiger partial charge >= 0.3 is 0 Å². The Morgan fingerprint density at radius 2 is 1.71 bits per heavy atom. The highest BCUT2D eigenvalue weighted by molar-refractivity contribution is 6.33. The predicted molar refractivity (Wildman–Crippen MR) is 145 cm³/mol. The molecule has 1 aromatic rings. The summed E-state index contributed by atoms with van der Waals surface area (Å²) in [6.07, 6.45) is 5.43. The minimum atomic E-state index is -2.51. The third kappa shape index (κ3) is 3.13. The summed E-state index contributed by atoms with van der Waals surface area (Å²) in [6.45, 7) is 12.7. The minimum Gasteiger partial charge on any atom is -0.507 e. The fourth-order valence-corrected chi connectivity index (χ4v) is 8.39. The maximum absolute atomic E-state index is 14.4. The van der Waals surface area contributed by atoms with Gasteiger partial charge in [-0.1, -0.05) is 57.1 Å². The van der Waals surface area contributed by atoms with Crippen LogP contribution >= 0.6 is 0 Å². The summed E-state index contributed by atoms with van der Waals surface area (Å²) in [4.78, 5) is 40.8. The summed E-state index contributed by atoms with van der Waals surface area (Å²) < 4.78 is 0. The minimum absolute atomic E-state index is 0.0505. The van der Waals surface area contributed by atoms with Gasteiger partial charge in [-0.15, -0.1) is 0 Å². The molecule has 0 saturated heterocycles. The lowest BCUT2D eigenvalue weighted by atomic mass is 9.42. The molecular formula is C32H36O6. The standard InChI is InChI=1S/C32H36O6/c1-15(2)25-17(4)23(18(5)33)28(36)32(38)29(37)26-27(35)24-21(13-30(26,6)14-31(25,32)7)20(10-11-22(24)34)19-9-8-16(3)12-19/h8-11,15,25,34-35,38H,12-14H2,1-7H3/t25-,30+,31+,32-/m1/s1. The van der Waals surface area contributed by atoms with Crippen molar-refractivity contribution in [2.75, 3.05) is 0 Å². The van der Waals surface area contributed by atoms with Crippen LogP contribution in [0, 0.1) is 22.7 Å². The molecule has 0 radical (unpaired) electrons. The molecule has 1 fully saturated rings. The predicted octanol–water partition coefficient (Wildman–Crippen LogP) is 5.43. The topological polar surface area (TPSA) is 112 Å². The first-order valence-electron chi connectivity index (χ1n) is 13.3. The number of benzene rings is 1. The lowest BCUT2D eigenvalue weighted by molar-refractivity contribution is -0.180. The number of hydrogen-bond donors (Lipinski definition) is 3. The molecular weight excluding hydrogens is 480 g/mol.